The maximum atomic E-state index is 12.4. The van der Waals surface area contributed by atoms with Crippen LogP contribution in [0.25, 0.3) is 10.9 Å². The predicted molar refractivity (Wildman–Crippen MR) is 116 cm³/mol. The molecule has 2 N–H and O–H groups in total. The van der Waals surface area contributed by atoms with Gasteiger partial charge < -0.3 is 14.8 Å². The summed E-state index contributed by atoms with van der Waals surface area (Å²) in [7, 11) is 0. The normalized spacial score (nSPS) is 12.8. The van der Waals surface area contributed by atoms with Gasteiger partial charge in [0.2, 0.25) is 0 Å². The smallest absolute Gasteiger partial charge is 0.339 e. The third-order valence-corrected chi connectivity index (χ3v) is 4.80. The minimum absolute atomic E-state index is 0.392. The fourth-order valence-electron chi connectivity index (χ4n) is 3.18. The summed E-state index contributed by atoms with van der Waals surface area (Å²) in [5, 5.41) is 11.6. The molecule has 2 aromatic carbocycles. The molecule has 3 aromatic rings. The average molecular weight is 389 g/mol. The maximum Gasteiger partial charge on any atom is 0.339 e. The Balaban J connectivity index is 1.73. The van der Waals surface area contributed by atoms with Gasteiger partial charge in [0.25, 0.3) is 0 Å². The molecule has 0 aliphatic heterocycles. The van der Waals surface area contributed by atoms with Gasteiger partial charge >= 0.3 is 5.97 Å². The SMILES string of the molecule is CCCCCC(C#CC(O)c1cc2cc(C)ccc2[nH]1)OC(=O)c1ccccc1. The van der Waals surface area contributed by atoms with Crippen molar-refractivity contribution >= 4 is 16.9 Å². The number of rotatable bonds is 7. The van der Waals surface area contributed by atoms with Crippen LogP contribution in [0.1, 0.15) is 60.3 Å². The third kappa shape index (κ3) is 5.73. The largest absolute Gasteiger partial charge is 0.446 e. The number of ether oxygens (including phenoxy) is 1. The molecule has 4 nitrogen and oxygen atoms in total. The molecular weight excluding hydrogens is 362 g/mol. The van der Waals surface area contributed by atoms with E-state index in [4.69, 9.17) is 4.74 Å². The number of carbonyl (C=O) groups excluding carboxylic acids is 1. The predicted octanol–water partition coefficient (Wildman–Crippen LogP) is 5.32. The molecule has 0 fully saturated rings. The molecule has 0 aliphatic rings. The van der Waals surface area contributed by atoms with Crippen molar-refractivity contribution in [1.82, 2.24) is 4.98 Å². The van der Waals surface area contributed by atoms with Crippen molar-refractivity contribution in [3.63, 3.8) is 0 Å². The van der Waals surface area contributed by atoms with Crippen LogP contribution in [0.2, 0.25) is 0 Å². The van der Waals surface area contributed by atoms with Crippen molar-refractivity contribution in [2.45, 2.75) is 51.7 Å². The van der Waals surface area contributed by atoms with Crippen molar-refractivity contribution in [2.75, 3.05) is 0 Å². The minimum atomic E-state index is -0.966. The first-order chi connectivity index (χ1) is 14.1. The Morgan fingerprint density at radius 1 is 1.10 bits per heavy atom. The van der Waals surface area contributed by atoms with Crippen LogP contribution >= 0.6 is 0 Å². The second kappa shape index (κ2) is 9.95. The third-order valence-electron chi connectivity index (χ3n) is 4.80. The quantitative estimate of drug-likeness (QED) is 0.327. The zero-order valence-corrected chi connectivity index (χ0v) is 16.9. The van der Waals surface area contributed by atoms with Gasteiger partial charge in [0.1, 0.15) is 0 Å². The highest BCUT2D eigenvalue weighted by atomic mass is 16.5. The van der Waals surface area contributed by atoms with Crippen LogP contribution in [0.3, 0.4) is 0 Å². The number of hydrogen-bond acceptors (Lipinski definition) is 3. The molecule has 0 saturated heterocycles. The Bertz CT molecular complexity index is 1010. The number of esters is 1. The van der Waals surface area contributed by atoms with Crippen LogP contribution in [0.15, 0.2) is 54.6 Å². The number of fused-ring (bicyclic) bond motifs is 1. The molecule has 3 rings (SSSR count). The molecule has 2 unspecified atom stereocenters. The van der Waals surface area contributed by atoms with Gasteiger partial charge in [-0.15, -0.1) is 0 Å². The number of aromatic amines is 1. The summed E-state index contributed by atoms with van der Waals surface area (Å²) in [5.41, 5.74) is 3.26. The van der Waals surface area contributed by atoms with E-state index in [9.17, 15) is 9.90 Å². The van der Waals surface area contributed by atoms with Crippen LogP contribution in [-0.4, -0.2) is 22.2 Å². The molecule has 29 heavy (non-hydrogen) atoms. The number of benzene rings is 2. The van der Waals surface area contributed by atoms with Gasteiger partial charge in [-0.25, -0.2) is 4.79 Å². The molecule has 0 amide bonds. The Kier molecular flexibility index (Phi) is 7.10. The Morgan fingerprint density at radius 3 is 2.66 bits per heavy atom. The van der Waals surface area contributed by atoms with Gasteiger partial charge in [0.15, 0.2) is 12.2 Å². The van der Waals surface area contributed by atoms with E-state index in [1.165, 1.54) is 0 Å². The summed E-state index contributed by atoms with van der Waals surface area (Å²) < 4.78 is 5.61. The highest BCUT2D eigenvalue weighted by molar-refractivity contribution is 5.89. The summed E-state index contributed by atoms with van der Waals surface area (Å²) in [6, 6.07) is 16.9. The van der Waals surface area contributed by atoms with Gasteiger partial charge in [-0.3, -0.25) is 0 Å². The van der Waals surface area contributed by atoms with Crippen LogP contribution < -0.4 is 0 Å². The van der Waals surface area contributed by atoms with Crippen molar-refractivity contribution in [3.05, 3.63) is 71.4 Å². The first-order valence-electron chi connectivity index (χ1n) is 10.1. The van der Waals surface area contributed by atoms with E-state index >= 15 is 0 Å². The summed E-state index contributed by atoms with van der Waals surface area (Å²) in [6.45, 7) is 4.16. The number of hydrogen-bond donors (Lipinski definition) is 2. The molecule has 0 saturated carbocycles. The highest BCUT2D eigenvalue weighted by Gasteiger charge is 2.15. The molecule has 1 heterocycles. The molecule has 0 spiro atoms. The van der Waals surface area contributed by atoms with Gasteiger partial charge in [-0.05, 0) is 50.1 Å². The van der Waals surface area contributed by atoms with Crippen molar-refractivity contribution < 1.29 is 14.6 Å². The number of H-pyrrole nitrogens is 1. The zero-order chi connectivity index (χ0) is 20.6. The summed E-state index contributed by atoms with van der Waals surface area (Å²) in [6.07, 6.45) is 2.18. The van der Waals surface area contributed by atoms with Gasteiger partial charge in [0, 0.05) is 10.9 Å². The molecule has 150 valence electrons. The summed E-state index contributed by atoms with van der Waals surface area (Å²) in [4.78, 5) is 15.6. The van der Waals surface area contributed by atoms with Crippen molar-refractivity contribution in [1.29, 1.82) is 0 Å². The van der Waals surface area contributed by atoms with E-state index in [0.29, 0.717) is 17.7 Å². The molecule has 4 heteroatoms. The van der Waals surface area contributed by atoms with Crippen LogP contribution in [0.4, 0.5) is 0 Å². The second-order valence-corrected chi connectivity index (χ2v) is 7.26. The topological polar surface area (TPSA) is 62.3 Å². The van der Waals surface area contributed by atoms with E-state index < -0.39 is 18.2 Å². The number of unbranched alkanes of at least 4 members (excludes halogenated alkanes) is 2. The number of carbonyl (C=O) groups is 1. The van der Waals surface area contributed by atoms with E-state index in [2.05, 4.69) is 29.8 Å². The second-order valence-electron chi connectivity index (χ2n) is 7.26. The monoisotopic (exact) mass is 389 g/mol. The van der Waals surface area contributed by atoms with Gasteiger partial charge in [-0.2, -0.15) is 0 Å². The molecule has 0 radical (unpaired) electrons. The lowest BCUT2D eigenvalue weighted by atomic mass is 10.1. The van der Waals surface area contributed by atoms with Crippen LogP contribution in [0, 0.1) is 18.8 Å². The number of aryl methyl sites for hydroxylation is 1. The van der Waals surface area contributed by atoms with Gasteiger partial charge in [0.05, 0.1) is 11.3 Å². The number of aliphatic hydroxyl groups is 1. The van der Waals surface area contributed by atoms with E-state index in [1.807, 2.05) is 31.2 Å². The Morgan fingerprint density at radius 2 is 1.90 bits per heavy atom. The lowest BCUT2D eigenvalue weighted by Crippen LogP contribution is -2.17. The van der Waals surface area contributed by atoms with E-state index in [-0.39, 0.29) is 0 Å². The highest BCUT2D eigenvalue weighted by Crippen LogP contribution is 2.21. The first kappa shape index (κ1) is 20.7. The van der Waals surface area contributed by atoms with Crippen LogP contribution in [0.5, 0.6) is 0 Å². The van der Waals surface area contributed by atoms with Crippen LogP contribution in [-0.2, 0) is 4.74 Å². The fraction of sp³-hybridized carbons (Fsp3) is 0.320. The summed E-state index contributed by atoms with van der Waals surface area (Å²) >= 11 is 0. The molecular formula is C25H27NO3. The lowest BCUT2D eigenvalue weighted by Gasteiger charge is -2.12. The fourth-order valence-corrected chi connectivity index (χ4v) is 3.18. The standard InChI is InChI=1S/C25H27NO3/c1-3-4-6-11-21(29-25(28)19-9-7-5-8-10-19)13-15-24(27)23-17-20-16-18(2)12-14-22(20)26-23/h5,7-10,12,14,16-17,21,24,26-27H,3-4,6,11H2,1-2H3. The summed E-state index contributed by atoms with van der Waals surface area (Å²) in [5.74, 6) is 5.43. The average Bonchev–Trinajstić information content (AvgIpc) is 3.15. The molecule has 1 aromatic heterocycles. The Labute approximate surface area is 171 Å². The number of aliphatic hydroxyl groups excluding tert-OH is 1. The molecule has 2 atom stereocenters. The van der Waals surface area contributed by atoms with Crippen molar-refractivity contribution in [2.24, 2.45) is 0 Å². The number of aromatic nitrogens is 1. The molecule has 0 bridgehead atoms. The first-order valence-corrected chi connectivity index (χ1v) is 10.1. The Hall–Kier alpha value is -3.03. The zero-order valence-electron chi connectivity index (χ0n) is 16.9. The molecule has 0 aliphatic carbocycles. The maximum absolute atomic E-state index is 12.4. The van der Waals surface area contributed by atoms with Crippen molar-refractivity contribution in [3.8, 4) is 11.8 Å². The van der Waals surface area contributed by atoms with E-state index in [1.54, 1.807) is 24.3 Å². The van der Waals surface area contributed by atoms with Gasteiger partial charge in [-0.1, -0.05) is 61.4 Å². The number of nitrogens with one attached hydrogen (secondary N) is 1. The lowest BCUT2D eigenvalue weighted by molar-refractivity contribution is 0.0392. The minimum Gasteiger partial charge on any atom is -0.446 e. The van der Waals surface area contributed by atoms with E-state index in [0.717, 1.165) is 35.7 Å².